The number of aryl methyl sites for hydroxylation is 1. The minimum Gasteiger partial charge on any atom is -0.528 e. The van der Waals surface area contributed by atoms with E-state index in [9.17, 15) is 38.0 Å². The number of carbonyl (C=O) groups is 6. The Morgan fingerprint density at radius 3 is 2.33 bits per heavy atom. The van der Waals surface area contributed by atoms with Gasteiger partial charge in [0.2, 0.25) is 24.1 Å². The zero-order valence-corrected chi connectivity index (χ0v) is 44.3. The van der Waals surface area contributed by atoms with Crippen LogP contribution in [-0.2, 0) is 76.8 Å². The van der Waals surface area contributed by atoms with Crippen molar-refractivity contribution in [1.29, 1.82) is 0 Å². The van der Waals surface area contributed by atoms with E-state index in [1.807, 2.05) is 63.1 Å². The van der Waals surface area contributed by atoms with Crippen LogP contribution in [0.15, 0.2) is 47.6 Å². The molecule has 2 aliphatic heterocycles. The summed E-state index contributed by atoms with van der Waals surface area (Å²) in [6.45, 7) is 12.7. The van der Waals surface area contributed by atoms with Crippen molar-refractivity contribution in [3.63, 3.8) is 0 Å². The number of esters is 1. The molecule has 5 amide bonds. The summed E-state index contributed by atoms with van der Waals surface area (Å²) in [7, 11) is 3.56. The van der Waals surface area contributed by atoms with Crippen LogP contribution in [0.4, 0.5) is 10.1 Å². The summed E-state index contributed by atoms with van der Waals surface area (Å²) in [6, 6.07) is 8.11. The molecule has 6 N–H and O–H groups in total. The zero-order chi connectivity index (χ0) is 52.0. The number of halogens is 1. The van der Waals surface area contributed by atoms with Gasteiger partial charge in [0.05, 0.1) is 68.5 Å². The van der Waals surface area contributed by atoms with Crippen molar-refractivity contribution in [3.05, 3.63) is 86.9 Å². The van der Waals surface area contributed by atoms with Crippen LogP contribution < -0.4 is 27.0 Å². The fourth-order valence-electron chi connectivity index (χ4n) is 8.21. The summed E-state index contributed by atoms with van der Waals surface area (Å²) in [5.74, 6) is -1.74. The minimum absolute atomic E-state index is 0. The molecular formula is C51H67FFmN7O12-. The summed E-state index contributed by atoms with van der Waals surface area (Å²) < 4.78 is 40.1. The maximum Gasteiger partial charge on any atom is 0.313 e. The molecule has 0 fully saturated rings. The van der Waals surface area contributed by atoms with Crippen LogP contribution in [0.3, 0.4) is 0 Å². The number of hydrogen-bond donors (Lipinski definition) is 5. The Morgan fingerprint density at radius 2 is 1.72 bits per heavy atom. The molecule has 1 aliphatic carbocycles. The first kappa shape index (κ1) is 58.7. The first-order chi connectivity index (χ1) is 34.1. The van der Waals surface area contributed by atoms with Crippen molar-refractivity contribution in [1.82, 2.24) is 25.8 Å². The number of pyridine rings is 1. The van der Waals surface area contributed by atoms with Crippen LogP contribution in [-0.4, -0.2) is 126 Å². The Kier molecular flexibility index (Phi) is 24.1. The van der Waals surface area contributed by atoms with Crippen molar-refractivity contribution >= 4 is 65.1 Å². The van der Waals surface area contributed by atoms with Crippen LogP contribution in [0.1, 0.15) is 86.5 Å². The van der Waals surface area contributed by atoms with Gasteiger partial charge in [0, 0.05) is 61.9 Å². The van der Waals surface area contributed by atoms with E-state index in [4.69, 9.17) is 34.4 Å². The number of cyclic esters (lactones) is 1. The van der Waals surface area contributed by atoms with E-state index >= 15 is 0 Å². The van der Waals surface area contributed by atoms with Crippen molar-refractivity contribution in [3.8, 4) is 0 Å². The van der Waals surface area contributed by atoms with Gasteiger partial charge in [-0.3, -0.25) is 28.8 Å². The van der Waals surface area contributed by atoms with Gasteiger partial charge < -0.3 is 60.4 Å². The van der Waals surface area contributed by atoms with E-state index in [0.29, 0.717) is 118 Å². The molecule has 0 saturated carbocycles. The number of rotatable bonds is 24. The number of fused-ring (bicyclic) bond motifs is 2. The van der Waals surface area contributed by atoms with E-state index in [0.717, 1.165) is 39.6 Å². The number of nitrogens with zero attached hydrogens (tertiary/aromatic N) is 2. The molecule has 19 nitrogen and oxygen atoms in total. The molecule has 3 heterocycles. The molecule has 72 heavy (non-hydrogen) atoms. The van der Waals surface area contributed by atoms with Crippen molar-refractivity contribution < 1.29 is 61.6 Å². The summed E-state index contributed by atoms with van der Waals surface area (Å²) in [6.07, 6.45) is 7.10. The van der Waals surface area contributed by atoms with E-state index < -0.39 is 17.9 Å². The van der Waals surface area contributed by atoms with Gasteiger partial charge in [-0.1, -0.05) is 32.9 Å². The average molecular weight is 1250 g/mol. The fourth-order valence-corrected chi connectivity index (χ4v) is 8.21. The van der Waals surface area contributed by atoms with Crippen LogP contribution in [0.5, 0.6) is 0 Å². The Labute approximate surface area is 413 Å². The second-order valence-corrected chi connectivity index (χ2v) is 17.4. The number of nitrogens with one attached hydrogen (secondary N) is 4. The topological polar surface area (TPSA) is 256 Å². The number of aromatic nitrogens is 1. The number of amides is 5. The zero-order valence-electron chi connectivity index (χ0n) is 41.9. The van der Waals surface area contributed by atoms with Crippen LogP contribution >= 0.6 is 0 Å². The number of nitrogens with two attached hydrogens (primary N) is 1. The van der Waals surface area contributed by atoms with E-state index in [1.165, 1.54) is 12.5 Å². The molecule has 1 aromatic heterocycles. The summed E-state index contributed by atoms with van der Waals surface area (Å²) >= 11 is 0. The summed E-state index contributed by atoms with van der Waals surface area (Å²) in [5, 5.41) is 11.7. The Balaban J connectivity index is 0.000000311. The Morgan fingerprint density at radius 1 is 1.04 bits per heavy atom. The third-order valence-corrected chi connectivity index (χ3v) is 11.7. The quantitative estimate of drug-likeness (QED) is 0.0282. The predicted octanol–water partition coefficient (Wildman–Crippen LogP) is 3.78. The fraction of sp³-hybridized carbons (Fsp3) is 0.490. The molecule has 2 unspecified atom stereocenters. The Hall–Kier alpha value is -7.61. The third kappa shape index (κ3) is 16.5. The van der Waals surface area contributed by atoms with Gasteiger partial charge in [0.15, 0.2) is 0 Å². The molecule has 0 bridgehead atoms. The van der Waals surface area contributed by atoms with Gasteiger partial charge in [-0.15, -0.1) is 0 Å². The first-order valence-corrected chi connectivity index (χ1v) is 23.5. The number of ether oxygens (including phenoxy) is 5. The van der Waals surface area contributed by atoms with Gasteiger partial charge in [-0.25, -0.2) is 9.37 Å². The molecule has 6 rings (SSSR count). The molecule has 3 aromatic rings. The van der Waals surface area contributed by atoms with Crippen molar-refractivity contribution in [2.24, 2.45) is 17.6 Å². The van der Waals surface area contributed by atoms with Gasteiger partial charge in [-0.05, 0) is 85.1 Å². The monoisotopic (exact) mass is 1250 g/mol. The van der Waals surface area contributed by atoms with Crippen LogP contribution in [0.25, 0.3) is 16.6 Å². The molecule has 398 valence electrons. The first-order valence-electron chi connectivity index (χ1n) is 23.5. The normalized spacial score (nSPS) is 16.5. The van der Waals surface area contributed by atoms with Crippen LogP contribution in [0.2, 0.25) is 0 Å². The number of methoxy groups -OCH3 is 1. The smallest absolute Gasteiger partial charge is 0.313 e. The third-order valence-electron chi connectivity index (χ3n) is 11.7. The number of aldehydes is 1. The molecule has 3 atom stereocenters. The molecular weight excluding hydrogens is 1180 g/mol. The average Bonchev–Trinajstić information content (AvgIpc) is 3.64. The summed E-state index contributed by atoms with van der Waals surface area (Å²) in [4.78, 5) is 86.0. The molecule has 0 spiro atoms. The molecule has 0 saturated heterocycles. The maximum absolute atomic E-state index is 14.8. The van der Waals surface area contributed by atoms with Crippen molar-refractivity contribution in [2.75, 3.05) is 72.3 Å². The molecule has 2 aromatic carbocycles. The predicted molar refractivity (Wildman–Crippen MR) is 262 cm³/mol. The minimum atomic E-state index is -0.560. The number of primary amides is 1. The van der Waals surface area contributed by atoms with Crippen molar-refractivity contribution in [2.45, 2.75) is 85.5 Å². The van der Waals surface area contributed by atoms with Gasteiger partial charge >= 0.3 is 5.97 Å². The Bertz CT molecular complexity index is 2420. The van der Waals surface area contributed by atoms with E-state index in [2.05, 4.69) is 21.3 Å². The molecule has 3 aliphatic rings. The van der Waals surface area contributed by atoms with Gasteiger partial charge in [0.25, 0.3) is 0 Å². The number of hydrogen-bond acceptors (Lipinski definition) is 14. The molecule has 0 radical (unpaired) electrons. The second-order valence-electron chi connectivity index (χ2n) is 17.4. The number of allylic oxidation sites excluding steroid dienone is 1. The summed E-state index contributed by atoms with van der Waals surface area (Å²) in [5.41, 5.74) is 13.2. The SMILES string of the molecule is CC[C@H]1C(=O)OCC(C=O)=C1/C=C1/c2nc3cc(F)c(C)c4c3c(c2CN1C)C(NC=O)CC4.COCc1ccc(NC(=O)C(C)NC(=O)CC(C)C)cc1.NC(=O)COCCOCCOCCN[C-]=O.[Fm]. The number of benzene rings is 2. The number of anilines is 1. The van der Waals surface area contributed by atoms with Gasteiger partial charge in [0.1, 0.15) is 31.4 Å². The number of carbonyl (C=O) groups excluding carboxylic acids is 7. The van der Waals surface area contributed by atoms with Gasteiger partial charge in [-0.2, -0.15) is 6.41 Å². The largest absolute Gasteiger partial charge is 0.528 e. The second kappa shape index (κ2) is 29.5. The van der Waals surface area contributed by atoms with E-state index in [1.54, 1.807) is 21.0 Å². The standard InChI is InChI=1S/C26H26FN3O4.C16H24N2O3.C9H17N2O5.Fm/c1-4-15-17(14(10-31)11-34-26(15)33)7-22-25-18(9-30(22)3)24-20(28-12-32)6-5-16-13(2)19(27)8-21(29-25)23(16)24;1-11(2)9-15(19)17-12(3)16(20)18-14-7-5-13(6-8-14)10-21-4;10-9(13)7-16-6-5-15-4-3-14-2-1-11-8-12;/h7-8,10,12,15,20H,4-6,9,11H2,1-3H3,(H,28,32);5-8,11-12H,9-10H2,1-4H3,(H,17,19)(H,18,20);1-7H2,(H2,10,13)(H,11,12);/q;;-1;/b22-7-;;;/t15-,20?;;;/m1.../s1. The van der Waals surface area contributed by atoms with E-state index in [-0.39, 0.29) is 48.8 Å². The van der Waals surface area contributed by atoms with Crippen LogP contribution in [0, 0.1) is 24.6 Å². The maximum atomic E-state index is 14.8. The molecule has 21 heteroatoms.